The van der Waals surface area contributed by atoms with E-state index in [9.17, 15) is 0 Å². The summed E-state index contributed by atoms with van der Waals surface area (Å²) in [5.74, 6) is 0.424. The van der Waals surface area contributed by atoms with Gasteiger partial charge in [-0.2, -0.15) is 0 Å². The predicted octanol–water partition coefficient (Wildman–Crippen LogP) is 3.60. The number of hydrogen-bond donors (Lipinski definition) is 2. The number of nitrogens with zero attached hydrogens (tertiary/aromatic N) is 1. The normalized spacial score (nSPS) is 12.4. The minimum atomic E-state index is -0.0213. The average molecular weight is 317 g/mol. The number of methoxy groups -OCH3 is 1. The van der Waals surface area contributed by atoms with E-state index in [1.54, 1.807) is 18.4 Å². The summed E-state index contributed by atoms with van der Waals surface area (Å²) in [5, 5.41) is 5.25. The van der Waals surface area contributed by atoms with Gasteiger partial charge in [-0.25, -0.2) is 0 Å². The number of aliphatic imine (C=N–C) groups is 1. The van der Waals surface area contributed by atoms with E-state index in [0.717, 1.165) is 11.3 Å². The van der Waals surface area contributed by atoms with Crippen LogP contribution in [0.15, 0.2) is 46.8 Å². The molecular formula is C17H23N3OS. The minimum absolute atomic E-state index is 0.0213. The molecule has 1 aromatic carbocycles. The number of ether oxygens (including phenoxy) is 1. The fourth-order valence-electron chi connectivity index (χ4n) is 2.13. The van der Waals surface area contributed by atoms with Gasteiger partial charge in [-0.1, -0.05) is 38.1 Å². The highest BCUT2D eigenvalue weighted by molar-refractivity contribution is 7.10. The van der Waals surface area contributed by atoms with Gasteiger partial charge in [0, 0.05) is 28.7 Å². The quantitative estimate of drug-likeness (QED) is 0.632. The number of nitrogens with one attached hydrogen (secondary N) is 1. The summed E-state index contributed by atoms with van der Waals surface area (Å²) in [5.41, 5.74) is 8.00. The molecule has 0 aliphatic rings. The molecule has 0 saturated heterocycles. The standard InChI is InChI=1S/C17H23N3OS/c1-17(2,15-9-6-10-22-15)12-19-16(18)20-14-8-5-4-7-13(14)11-21-3/h4-10H,11-12H2,1-3H3,(H3,18,19,20). The van der Waals surface area contributed by atoms with Crippen LogP contribution in [-0.4, -0.2) is 19.6 Å². The van der Waals surface area contributed by atoms with Crippen LogP contribution in [0.5, 0.6) is 0 Å². The van der Waals surface area contributed by atoms with Crippen LogP contribution in [0.3, 0.4) is 0 Å². The monoisotopic (exact) mass is 317 g/mol. The summed E-state index contributed by atoms with van der Waals surface area (Å²) >= 11 is 1.75. The van der Waals surface area contributed by atoms with Crippen LogP contribution in [0.25, 0.3) is 0 Å². The maximum absolute atomic E-state index is 6.03. The first kappa shape index (κ1) is 16.5. The average Bonchev–Trinajstić information content (AvgIpc) is 3.03. The number of guanidine groups is 1. The van der Waals surface area contributed by atoms with Gasteiger partial charge in [0.05, 0.1) is 13.2 Å². The van der Waals surface area contributed by atoms with Crippen LogP contribution in [0.1, 0.15) is 24.3 Å². The van der Waals surface area contributed by atoms with Gasteiger partial charge in [-0.3, -0.25) is 4.99 Å². The van der Waals surface area contributed by atoms with Gasteiger partial charge in [0.2, 0.25) is 0 Å². The summed E-state index contributed by atoms with van der Waals surface area (Å²) in [6, 6.07) is 12.1. The second-order valence-electron chi connectivity index (χ2n) is 5.78. The molecule has 5 heteroatoms. The molecule has 0 atom stereocenters. The third kappa shape index (κ3) is 4.32. The number of rotatable bonds is 6. The first-order valence-electron chi connectivity index (χ1n) is 7.21. The second kappa shape index (κ2) is 7.42. The second-order valence-corrected chi connectivity index (χ2v) is 6.73. The summed E-state index contributed by atoms with van der Waals surface area (Å²) in [6.07, 6.45) is 0. The molecule has 1 heterocycles. The Balaban J connectivity index is 2.04. The van der Waals surface area contributed by atoms with Gasteiger partial charge in [-0.15, -0.1) is 11.3 Å². The van der Waals surface area contributed by atoms with Gasteiger partial charge < -0.3 is 15.8 Å². The van der Waals surface area contributed by atoms with E-state index in [1.807, 2.05) is 24.3 Å². The Hall–Kier alpha value is -1.85. The highest BCUT2D eigenvalue weighted by Gasteiger charge is 2.21. The molecule has 0 unspecified atom stereocenters. The molecule has 2 aromatic rings. The molecule has 0 aliphatic heterocycles. The molecule has 0 spiro atoms. The van der Waals surface area contributed by atoms with Crippen LogP contribution >= 0.6 is 11.3 Å². The number of nitrogens with two attached hydrogens (primary N) is 1. The molecule has 0 saturated carbocycles. The van der Waals surface area contributed by atoms with Crippen molar-refractivity contribution in [1.29, 1.82) is 0 Å². The summed E-state index contributed by atoms with van der Waals surface area (Å²) < 4.78 is 5.19. The Morgan fingerprint density at radius 2 is 2.05 bits per heavy atom. The van der Waals surface area contributed by atoms with Crippen molar-refractivity contribution in [1.82, 2.24) is 0 Å². The molecule has 0 amide bonds. The fourth-order valence-corrected chi connectivity index (χ4v) is 2.97. The SMILES string of the molecule is COCc1ccccc1NC(N)=NCC(C)(C)c1cccs1. The number of hydrogen-bond acceptors (Lipinski definition) is 3. The van der Waals surface area contributed by atoms with E-state index in [1.165, 1.54) is 4.88 Å². The van der Waals surface area contributed by atoms with Gasteiger partial charge in [-0.05, 0) is 17.5 Å². The molecule has 0 bridgehead atoms. The predicted molar refractivity (Wildman–Crippen MR) is 94.6 cm³/mol. The molecule has 0 fully saturated rings. The van der Waals surface area contributed by atoms with Crippen LogP contribution in [-0.2, 0) is 16.8 Å². The van der Waals surface area contributed by atoms with Crippen LogP contribution in [0.4, 0.5) is 5.69 Å². The highest BCUT2D eigenvalue weighted by atomic mass is 32.1. The smallest absolute Gasteiger partial charge is 0.193 e. The summed E-state index contributed by atoms with van der Waals surface area (Å²) in [4.78, 5) is 5.81. The van der Waals surface area contributed by atoms with Gasteiger partial charge in [0.1, 0.15) is 0 Å². The van der Waals surface area contributed by atoms with E-state index in [0.29, 0.717) is 19.1 Å². The number of benzene rings is 1. The molecule has 4 nitrogen and oxygen atoms in total. The highest BCUT2D eigenvalue weighted by Crippen LogP contribution is 2.27. The summed E-state index contributed by atoms with van der Waals surface area (Å²) in [7, 11) is 1.68. The zero-order valence-electron chi connectivity index (χ0n) is 13.3. The lowest BCUT2D eigenvalue weighted by Gasteiger charge is -2.21. The minimum Gasteiger partial charge on any atom is -0.380 e. The van der Waals surface area contributed by atoms with Crippen molar-refractivity contribution >= 4 is 23.0 Å². The molecule has 2 rings (SSSR count). The Morgan fingerprint density at radius 1 is 1.27 bits per heavy atom. The lowest BCUT2D eigenvalue weighted by molar-refractivity contribution is 0.185. The lowest BCUT2D eigenvalue weighted by atomic mass is 9.92. The van der Waals surface area contributed by atoms with Crippen molar-refractivity contribution < 1.29 is 4.74 Å². The number of anilines is 1. The van der Waals surface area contributed by atoms with Crippen molar-refractivity contribution in [2.75, 3.05) is 19.0 Å². The van der Waals surface area contributed by atoms with Gasteiger partial charge in [0.15, 0.2) is 5.96 Å². The van der Waals surface area contributed by atoms with Crippen molar-refractivity contribution in [2.24, 2.45) is 10.7 Å². The lowest BCUT2D eigenvalue weighted by Crippen LogP contribution is -2.27. The molecule has 118 valence electrons. The zero-order valence-corrected chi connectivity index (χ0v) is 14.1. The third-order valence-corrected chi connectivity index (χ3v) is 4.65. The van der Waals surface area contributed by atoms with E-state index < -0.39 is 0 Å². The van der Waals surface area contributed by atoms with Crippen molar-refractivity contribution in [3.63, 3.8) is 0 Å². The van der Waals surface area contributed by atoms with Crippen LogP contribution in [0, 0.1) is 0 Å². The van der Waals surface area contributed by atoms with Gasteiger partial charge >= 0.3 is 0 Å². The van der Waals surface area contributed by atoms with Crippen molar-refractivity contribution in [3.8, 4) is 0 Å². The Bertz CT molecular complexity index is 621. The number of para-hydroxylation sites is 1. The Morgan fingerprint density at radius 3 is 2.73 bits per heavy atom. The van der Waals surface area contributed by atoms with Crippen molar-refractivity contribution in [3.05, 3.63) is 52.2 Å². The molecular weight excluding hydrogens is 294 g/mol. The van der Waals surface area contributed by atoms with E-state index in [-0.39, 0.29) is 5.41 Å². The third-order valence-electron chi connectivity index (χ3n) is 3.41. The molecule has 22 heavy (non-hydrogen) atoms. The topological polar surface area (TPSA) is 59.6 Å². The van der Waals surface area contributed by atoms with Crippen LogP contribution < -0.4 is 11.1 Å². The first-order valence-corrected chi connectivity index (χ1v) is 8.08. The van der Waals surface area contributed by atoms with E-state index >= 15 is 0 Å². The molecule has 3 N–H and O–H groups in total. The Kier molecular flexibility index (Phi) is 5.57. The summed E-state index contributed by atoms with van der Waals surface area (Å²) in [6.45, 7) is 5.53. The van der Waals surface area contributed by atoms with Crippen molar-refractivity contribution in [2.45, 2.75) is 25.9 Å². The fraction of sp³-hybridized carbons (Fsp3) is 0.353. The maximum Gasteiger partial charge on any atom is 0.193 e. The molecule has 0 radical (unpaired) electrons. The first-order chi connectivity index (χ1) is 10.5. The van der Waals surface area contributed by atoms with E-state index in [4.69, 9.17) is 10.5 Å². The molecule has 0 aliphatic carbocycles. The Labute approximate surface area is 136 Å². The molecule has 1 aromatic heterocycles. The largest absolute Gasteiger partial charge is 0.380 e. The number of thiophene rings is 1. The van der Waals surface area contributed by atoms with Gasteiger partial charge in [0.25, 0.3) is 0 Å². The zero-order chi connectivity index (χ0) is 16.0. The van der Waals surface area contributed by atoms with E-state index in [2.05, 4.69) is 41.7 Å². The maximum atomic E-state index is 6.03. The van der Waals surface area contributed by atoms with Crippen LogP contribution in [0.2, 0.25) is 0 Å².